The molecule has 0 bridgehead atoms. The molecule has 0 fully saturated rings. The predicted octanol–water partition coefficient (Wildman–Crippen LogP) is 1.65. The van der Waals surface area contributed by atoms with Crippen molar-refractivity contribution in [2.45, 2.75) is 19.4 Å². The SMILES string of the molecule is NCc1c2c(cc3ccccc13)=CCCC=2. The van der Waals surface area contributed by atoms with Crippen LogP contribution in [0.3, 0.4) is 0 Å². The van der Waals surface area contributed by atoms with Crippen molar-refractivity contribution in [3.63, 3.8) is 0 Å². The molecule has 3 rings (SSSR count). The van der Waals surface area contributed by atoms with Crippen molar-refractivity contribution in [1.29, 1.82) is 0 Å². The molecular formula is C15H15N. The quantitative estimate of drug-likeness (QED) is 0.759. The molecule has 80 valence electrons. The molecule has 0 amide bonds. The van der Waals surface area contributed by atoms with Gasteiger partial charge in [0.1, 0.15) is 0 Å². The molecule has 0 saturated heterocycles. The molecule has 0 aliphatic heterocycles. The fourth-order valence-corrected chi connectivity index (χ4v) is 2.56. The van der Waals surface area contributed by atoms with Crippen molar-refractivity contribution in [2.24, 2.45) is 5.73 Å². The second-order valence-corrected chi connectivity index (χ2v) is 4.27. The minimum absolute atomic E-state index is 0.619. The van der Waals surface area contributed by atoms with Crippen molar-refractivity contribution in [3.8, 4) is 0 Å². The molecule has 0 atom stereocenters. The summed E-state index contributed by atoms with van der Waals surface area (Å²) in [6.45, 7) is 0.619. The predicted molar refractivity (Wildman–Crippen MR) is 69.3 cm³/mol. The highest BCUT2D eigenvalue weighted by Gasteiger charge is 2.04. The van der Waals surface area contributed by atoms with Crippen molar-refractivity contribution in [3.05, 3.63) is 46.3 Å². The number of fused-ring (bicyclic) bond motifs is 2. The zero-order valence-electron chi connectivity index (χ0n) is 9.24. The average Bonchev–Trinajstić information content (AvgIpc) is 2.36. The van der Waals surface area contributed by atoms with Gasteiger partial charge in [-0.2, -0.15) is 0 Å². The van der Waals surface area contributed by atoms with Crippen LogP contribution in [0.2, 0.25) is 0 Å². The summed E-state index contributed by atoms with van der Waals surface area (Å²) >= 11 is 0. The highest BCUT2D eigenvalue weighted by Crippen LogP contribution is 2.14. The van der Waals surface area contributed by atoms with Gasteiger partial charge in [0.2, 0.25) is 0 Å². The summed E-state index contributed by atoms with van der Waals surface area (Å²) in [6, 6.07) is 10.8. The average molecular weight is 209 g/mol. The number of nitrogens with two attached hydrogens (primary N) is 1. The van der Waals surface area contributed by atoms with Gasteiger partial charge in [0.25, 0.3) is 0 Å². The van der Waals surface area contributed by atoms with Crippen LogP contribution < -0.4 is 16.2 Å². The summed E-state index contributed by atoms with van der Waals surface area (Å²) in [6.07, 6.45) is 6.93. The van der Waals surface area contributed by atoms with E-state index in [4.69, 9.17) is 5.73 Å². The van der Waals surface area contributed by atoms with E-state index in [9.17, 15) is 0 Å². The van der Waals surface area contributed by atoms with Crippen LogP contribution in [0.1, 0.15) is 18.4 Å². The molecule has 1 nitrogen and oxygen atoms in total. The Kier molecular flexibility index (Phi) is 2.26. The first-order valence-corrected chi connectivity index (χ1v) is 5.81. The maximum absolute atomic E-state index is 5.91. The van der Waals surface area contributed by atoms with E-state index in [1.807, 2.05) is 0 Å². The van der Waals surface area contributed by atoms with Gasteiger partial charge in [-0.05, 0) is 45.7 Å². The molecule has 0 spiro atoms. The molecule has 0 unspecified atom stereocenters. The third-order valence-electron chi connectivity index (χ3n) is 3.32. The van der Waals surface area contributed by atoms with E-state index >= 15 is 0 Å². The molecular weight excluding hydrogens is 194 g/mol. The molecule has 1 heteroatoms. The molecule has 0 saturated carbocycles. The standard InChI is InChI=1S/C15H15N/c16-10-15-13-7-3-1-5-11(13)9-12-6-2-4-8-14(12)15/h1,3,5-9H,2,4,10,16H2. The van der Waals surface area contributed by atoms with Crippen LogP contribution in [-0.2, 0) is 6.54 Å². The summed E-state index contributed by atoms with van der Waals surface area (Å²) in [4.78, 5) is 0. The number of hydrogen-bond donors (Lipinski definition) is 1. The Hall–Kier alpha value is -1.60. The van der Waals surface area contributed by atoms with Crippen LogP contribution in [0.4, 0.5) is 0 Å². The molecule has 1 aliphatic rings. The lowest BCUT2D eigenvalue weighted by molar-refractivity contribution is 1.04. The first-order valence-electron chi connectivity index (χ1n) is 5.81. The first kappa shape index (κ1) is 9.61. The van der Waals surface area contributed by atoms with Gasteiger partial charge in [-0.3, -0.25) is 0 Å². The maximum atomic E-state index is 5.91. The van der Waals surface area contributed by atoms with Crippen molar-refractivity contribution in [1.82, 2.24) is 0 Å². The number of rotatable bonds is 1. The van der Waals surface area contributed by atoms with E-state index in [0.29, 0.717) is 6.54 Å². The molecule has 1 aliphatic carbocycles. The highest BCUT2D eigenvalue weighted by molar-refractivity contribution is 5.86. The van der Waals surface area contributed by atoms with Gasteiger partial charge < -0.3 is 5.73 Å². The molecule has 2 aromatic rings. The van der Waals surface area contributed by atoms with Crippen LogP contribution in [0.15, 0.2) is 30.3 Å². The molecule has 2 aromatic carbocycles. The van der Waals surface area contributed by atoms with Gasteiger partial charge >= 0.3 is 0 Å². The smallest absolute Gasteiger partial charge is 0.0190 e. The van der Waals surface area contributed by atoms with E-state index in [-0.39, 0.29) is 0 Å². The molecule has 0 aromatic heterocycles. The van der Waals surface area contributed by atoms with Gasteiger partial charge in [-0.15, -0.1) is 0 Å². The maximum Gasteiger partial charge on any atom is 0.0190 e. The summed E-state index contributed by atoms with van der Waals surface area (Å²) in [5, 5.41) is 5.31. The van der Waals surface area contributed by atoms with Crippen molar-refractivity contribution in [2.75, 3.05) is 0 Å². The molecule has 0 heterocycles. The monoisotopic (exact) mass is 209 g/mol. The van der Waals surface area contributed by atoms with Crippen molar-refractivity contribution < 1.29 is 0 Å². The Morgan fingerprint density at radius 3 is 2.75 bits per heavy atom. The Balaban J connectivity index is 2.56. The lowest BCUT2D eigenvalue weighted by Gasteiger charge is -2.09. The van der Waals surface area contributed by atoms with Gasteiger partial charge in [-0.1, -0.05) is 36.4 Å². The fraction of sp³-hybridized carbons (Fsp3) is 0.200. The van der Waals surface area contributed by atoms with E-state index < -0.39 is 0 Å². The van der Waals surface area contributed by atoms with Gasteiger partial charge in [-0.25, -0.2) is 0 Å². The second-order valence-electron chi connectivity index (χ2n) is 4.27. The zero-order chi connectivity index (χ0) is 11.0. The minimum Gasteiger partial charge on any atom is -0.326 e. The second kappa shape index (κ2) is 3.76. The Labute approximate surface area is 94.9 Å². The largest absolute Gasteiger partial charge is 0.326 e. The topological polar surface area (TPSA) is 26.0 Å². The van der Waals surface area contributed by atoms with Gasteiger partial charge in [0.15, 0.2) is 0 Å². The summed E-state index contributed by atoms with van der Waals surface area (Å²) < 4.78 is 0. The van der Waals surface area contributed by atoms with Crippen molar-refractivity contribution >= 4 is 22.9 Å². The van der Waals surface area contributed by atoms with E-state index in [2.05, 4.69) is 42.5 Å². The van der Waals surface area contributed by atoms with E-state index in [1.165, 1.54) is 26.8 Å². The summed E-state index contributed by atoms with van der Waals surface area (Å²) in [5.74, 6) is 0. The Morgan fingerprint density at radius 2 is 1.88 bits per heavy atom. The molecule has 2 N–H and O–H groups in total. The molecule has 16 heavy (non-hydrogen) atoms. The van der Waals surface area contributed by atoms with Crippen LogP contribution in [0.25, 0.3) is 22.9 Å². The van der Waals surface area contributed by atoms with Crippen LogP contribution in [0.5, 0.6) is 0 Å². The minimum atomic E-state index is 0.619. The zero-order valence-corrected chi connectivity index (χ0v) is 9.24. The van der Waals surface area contributed by atoms with Gasteiger partial charge in [0, 0.05) is 6.54 Å². The third-order valence-corrected chi connectivity index (χ3v) is 3.32. The van der Waals surface area contributed by atoms with E-state index in [1.54, 1.807) is 0 Å². The highest BCUT2D eigenvalue weighted by atomic mass is 14.5. The lowest BCUT2D eigenvalue weighted by Crippen LogP contribution is -2.31. The number of benzene rings is 2. The summed E-state index contributed by atoms with van der Waals surface area (Å²) in [5.41, 5.74) is 7.20. The number of hydrogen-bond acceptors (Lipinski definition) is 1. The summed E-state index contributed by atoms with van der Waals surface area (Å²) in [7, 11) is 0. The Bertz CT molecular complexity index is 653. The van der Waals surface area contributed by atoms with Crippen LogP contribution in [-0.4, -0.2) is 0 Å². The normalized spacial score (nSPS) is 14.1. The lowest BCUT2D eigenvalue weighted by atomic mass is 9.96. The first-order chi connectivity index (χ1) is 7.90. The van der Waals surface area contributed by atoms with Crippen LogP contribution in [0, 0.1) is 0 Å². The molecule has 0 radical (unpaired) electrons. The third kappa shape index (κ3) is 1.36. The van der Waals surface area contributed by atoms with E-state index in [0.717, 1.165) is 12.8 Å². The Morgan fingerprint density at radius 1 is 1.06 bits per heavy atom. The van der Waals surface area contributed by atoms with Gasteiger partial charge in [0.05, 0.1) is 0 Å². The fourth-order valence-electron chi connectivity index (χ4n) is 2.56. The van der Waals surface area contributed by atoms with Crippen LogP contribution >= 0.6 is 0 Å².